The average molecular weight is 458 g/mol. The number of fused-ring (bicyclic) bond motifs is 1. The minimum absolute atomic E-state index is 0.190. The molecule has 0 saturated carbocycles. The van der Waals surface area contributed by atoms with E-state index < -0.39 is 34.9 Å². The first-order chi connectivity index (χ1) is 15.6. The summed E-state index contributed by atoms with van der Waals surface area (Å²) in [5.41, 5.74) is -2.16. The topological polar surface area (TPSA) is 108 Å². The van der Waals surface area contributed by atoms with Gasteiger partial charge in [0, 0.05) is 12.3 Å². The van der Waals surface area contributed by atoms with Gasteiger partial charge in [0.05, 0.1) is 11.5 Å². The van der Waals surface area contributed by atoms with Crippen LogP contribution in [0.15, 0.2) is 54.7 Å². The van der Waals surface area contributed by atoms with Gasteiger partial charge in [-0.05, 0) is 23.3 Å². The van der Waals surface area contributed by atoms with Crippen molar-refractivity contribution in [3.8, 4) is 0 Å². The molecule has 2 aromatic carbocycles. The third-order valence-corrected chi connectivity index (χ3v) is 5.04. The molecule has 0 aliphatic carbocycles. The lowest BCUT2D eigenvalue weighted by molar-refractivity contribution is -0.388. The largest absolute Gasteiger partial charge is 0.442 e. The number of amides is 1. The lowest BCUT2D eigenvalue weighted by atomic mass is 10.0. The second-order valence-corrected chi connectivity index (χ2v) is 7.28. The molecule has 0 unspecified atom stereocenters. The fraction of sp³-hybridized carbons (Fsp3) is 0.190. The third kappa shape index (κ3) is 4.54. The number of aromatic nitrogens is 4. The molecule has 1 N–H and O–H groups in total. The highest BCUT2D eigenvalue weighted by molar-refractivity contribution is 5.89. The van der Waals surface area contributed by atoms with Gasteiger partial charge in [0.15, 0.2) is 5.82 Å². The molecule has 4 rings (SSSR count). The molecule has 1 amide bonds. The Morgan fingerprint density at radius 3 is 2.55 bits per heavy atom. The van der Waals surface area contributed by atoms with Gasteiger partial charge in [0.1, 0.15) is 12.2 Å². The minimum Gasteiger partial charge on any atom is -0.308 e. The van der Waals surface area contributed by atoms with E-state index >= 15 is 0 Å². The summed E-state index contributed by atoms with van der Waals surface area (Å²) >= 11 is 0. The van der Waals surface area contributed by atoms with Crippen molar-refractivity contribution in [1.29, 1.82) is 0 Å². The number of nitrogens with zero attached hydrogens (tertiary/aromatic N) is 5. The van der Waals surface area contributed by atoms with Gasteiger partial charge in [0.25, 0.3) is 0 Å². The first-order valence-electron chi connectivity index (χ1n) is 9.72. The molecule has 33 heavy (non-hydrogen) atoms. The second-order valence-electron chi connectivity index (χ2n) is 7.28. The van der Waals surface area contributed by atoms with Crippen molar-refractivity contribution in [2.45, 2.75) is 26.2 Å². The maximum atomic E-state index is 13.1. The van der Waals surface area contributed by atoms with E-state index in [1.54, 1.807) is 16.9 Å². The molecular weight excluding hydrogens is 441 g/mol. The van der Waals surface area contributed by atoms with E-state index in [1.165, 1.54) is 0 Å². The molecule has 9 nitrogen and oxygen atoms in total. The van der Waals surface area contributed by atoms with E-state index in [0.717, 1.165) is 23.3 Å². The van der Waals surface area contributed by atoms with Gasteiger partial charge >= 0.3 is 11.9 Å². The molecule has 0 radical (unpaired) electrons. The Bertz CT molecular complexity index is 1350. The van der Waals surface area contributed by atoms with Gasteiger partial charge in [-0.15, -0.1) is 0 Å². The van der Waals surface area contributed by atoms with Gasteiger partial charge < -0.3 is 5.32 Å². The molecule has 0 aliphatic rings. The van der Waals surface area contributed by atoms with E-state index in [0.29, 0.717) is 11.2 Å². The summed E-state index contributed by atoms with van der Waals surface area (Å²) < 4.78 is 41.5. The summed E-state index contributed by atoms with van der Waals surface area (Å²) in [6.07, 6.45) is -3.36. The Kier molecular flexibility index (Phi) is 5.58. The maximum Gasteiger partial charge on any atom is 0.442 e. The van der Waals surface area contributed by atoms with Crippen molar-refractivity contribution in [2.24, 2.45) is 0 Å². The zero-order chi connectivity index (χ0) is 23.8. The smallest absolute Gasteiger partial charge is 0.308 e. The molecule has 4 aromatic rings. The Labute approximate surface area is 184 Å². The summed E-state index contributed by atoms with van der Waals surface area (Å²) in [6.45, 7) is 0.905. The van der Waals surface area contributed by atoms with Gasteiger partial charge in [-0.1, -0.05) is 42.5 Å². The van der Waals surface area contributed by atoms with E-state index in [2.05, 4.69) is 15.5 Å². The van der Waals surface area contributed by atoms with E-state index in [1.807, 2.05) is 42.5 Å². The number of hydrogen-bond donors (Lipinski definition) is 1. The maximum absolute atomic E-state index is 13.1. The molecular formula is C21H17F3N6O3. The minimum atomic E-state index is -5.02. The van der Waals surface area contributed by atoms with E-state index in [4.69, 9.17) is 0 Å². The predicted molar refractivity (Wildman–Crippen MR) is 113 cm³/mol. The summed E-state index contributed by atoms with van der Waals surface area (Å²) in [6, 6.07) is 15.3. The van der Waals surface area contributed by atoms with Crippen LogP contribution in [0.1, 0.15) is 17.0 Å². The Hall–Kier alpha value is -4.22. The van der Waals surface area contributed by atoms with E-state index in [9.17, 15) is 28.1 Å². The lowest BCUT2D eigenvalue weighted by Gasteiger charge is -2.07. The van der Waals surface area contributed by atoms with Crippen LogP contribution in [0, 0.1) is 17.0 Å². The molecule has 12 heteroatoms. The second kappa shape index (κ2) is 8.37. The van der Waals surface area contributed by atoms with Gasteiger partial charge in [-0.3, -0.25) is 24.3 Å². The summed E-state index contributed by atoms with van der Waals surface area (Å²) in [4.78, 5) is 22.2. The number of carbonyl (C=O) groups is 1. The summed E-state index contributed by atoms with van der Waals surface area (Å²) in [5, 5.41) is 23.2. The molecule has 0 spiro atoms. The van der Waals surface area contributed by atoms with Crippen LogP contribution in [-0.2, 0) is 24.1 Å². The van der Waals surface area contributed by atoms with Gasteiger partial charge in [0.2, 0.25) is 11.6 Å². The van der Waals surface area contributed by atoms with Gasteiger partial charge in [-0.2, -0.15) is 23.4 Å². The number of nitrogens with one attached hydrogen (secondary N) is 1. The number of anilines is 1. The fourth-order valence-electron chi connectivity index (χ4n) is 3.54. The molecule has 2 heterocycles. The molecule has 2 aromatic heterocycles. The fourth-order valence-corrected chi connectivity index (χ4v) is 3.54. The molecule has 170 valence electrons. The standard InChI is InChI=1S/C21H17F3N6O3/c1-13-19(30(32)33)20(21(22,23)24)27-29(13)12-18(31)25-17-9-10-28(26-17)11-15-7-4-6-14-5-2-3-8-16(14)15/h2-10H,11-12H2,1H3,(H,25,26,31). The number of nitro groups is 1. The van der Waals surface area contributed by atoms with Crippen molar-refractivity contribution in [1.82, 2.24) is 19.6 Å². The first-order valence-corrected chi connectivity index (χ1v) is 9.72. The van der Waals surface area contributed by atoms with Crippen LogP contribution in [0.25, 0.3) is 10.8 Å². The van der Waals surface area contributed by atoms with Crippen LogP contribution in [0.5, 0.6) is 0 Å². The summed E-state index contributed by atoms with van der Waals surface area (Å²) in [7, 11) is 0. The lowest BCUT2D eigenvalue weighted by Crippen LogP contribution is -2.21. The quantitative estimate of drug-likeness (QED) is 0.345. The summed E-state index contributed by atoms with van der Waals surface area (Å²) in [5.74, 6) is -0.532. The SMILES string of the molecule is Cc1c([N+](=O)[O-])c(C(F)(F)F)nn1CC(=O)Nc1ccn(Cc2cccc3ccccc23)n1. The van der Waals surface area contributed by atoms with Crippen molar-refractivity contribution in [3.63, 3.8) is 0 Å². The van der Waals surface area contributed by atoms with Crippen LogP contribution in [-0.4, -0.2) is 30.4 Å². The Morgan fingerprint density at radius 2 is 1.85 bits per heavy atom. The number of hydrogen-bond acceptors (Lipinski definition) is 5. The average Bonchev–Trinajstić information content (AvgIpc) is 3.32. The number of alkyl halides is 3. The Balaban J connectivity index is 1.48. The van der Waals surface area contributed by atoms with Crippen LogP contribution in [0.4, 0.5) is 24.7 Å². The third-order valence-electron chi connectivity index (χ3n) is 5.04. The van der Waals surface area contributed by atoms with Crippen LogP contribution in [0.3, 0.4) is 0 Å². The van der Waals surface area contributed by atoms with Crippen LogP contribution < -0.4 is 5.32 Å². The molecule has 0 atom stereocenters. The van der Waals surface area contributed by atoms with Crippen molar-refractivity contribution in [2.75, 3.05) is 5.32 Å². The van der Waals surface area contributed by atoms with Crippen molar-refractivity contribution >= 4 is 28.2 Å². The zero-order valence-electron chi connectivity index (χ0n) is 17.2. The number of carbonyl (C=O) groups excluding carboxylic acids is 1. The van der Waals surface area contributed by atoms with Crippen molar-refractivity contribution in [3.05, 3.63) is 81.8 Å². The molecule has 0 aliphatic heterocycles. The highest BCUT2D eigenvalue weighted by atomic mass is 19.4. The van der Waals surface area contributed by atoms with E-state index in [-0.39, 0.29) is 11.5 Å². The van der Waals surface area contributed by atoms with Gasteiger partial charge in [-0.25, -0.2) is 0 Å². The highest BCUT2D eigenvalue weighted by Gasteiger charge is 2.44. The van der Waals surface area contributed by atoms with Crippen LogP contribution >= 0.6 is 0 Å². The number of benzene rings is 2. The Morgan fingerprint density at radius 1 is 1.12 bits per heavy atom. The molecule has 0 saturated heterocycles. The number of rotatable bonds is 6. The molecule has 0 fully saturated rings. The normalized spacial score (nSPS) is 11.6. The zero-order valence-corrected chi connectivity index (χ0v) is 17.2. The van der Waals surface area contributed by atoms with Crippen molar-refractivity contribution < 1.29 is 22.9 Å². The van der Waals surface area contributed by atoms with Crippen LogP contribution in [0.2, 0.25) is 0 Å². The number of halogens is 3. The first kappa shape index (κ1) is 22.0. The molecule has 0 bridgehead atoms. The highest BCUT2D eigenvalue weighted by Crippen LogP contribution is 2.36. The predicted octanol–water partition coefficient (Wildman–Crippen LogP) is 4.16. The monoisotopic (exact) mass is 458 g/mol.